The normalized spacial score (nSPS) is 13.1. The molecule has 0 aliphatic heterocycles. The van der Waals surface area contributed by atoms with Crippen LogP contribution < -0.4 is 0 Å². The zero-order valence-electron chi connectivity index (χ0n) is 32.5. The van der Waals surface area contributed by atoms with E-state index in [1.165, 1.54) is 22.3 Å². The molecule has 3 heterocycles. The summed E-state index contributed by atoms with van der Waals surface area (Å²) in [6.07, 6.45) is 0. The summed E-state index contributed by atoms with van der Waals surface area (Å²) < 4.78 is 9.22. The van der Waals surface area contributed by atoms with Gasteiger partial charge in [0.15, 0.2) is 23.1 Å². The molecule has 0 radical (unpaired) electrons. The van der Waals surface area contributed by atoms with Gasteiger partial charge in [-0.2, -0.15) is 0 Å². The van der Waals surface area contributed by atoms with Crippen LogP contribution in [0.25, 0.3) is 106 Å². The van der Waals surface area contributed by atoms with Crippen molar-refractivity contribution in [2.24, 2.45) is 0 Å². The molecule has 0 bridgehead atoms. The SMILES string of the molecule is CC1(C)c2ccccc2-c2ccc(-c3nc(-c4ccccc4)nc(-c4cccc5c6ccccc6n(-c6cccc7c6oc6cc(-c8ccccc8)ccc67)c45)n3)cc21. The van der Waals surface area contributed by atoms with Crippen LogP contribution in [-0.4, -0.2) is 19.5 Å². The summed E-state index contributed by atoms with van der Waals surface area (Å²) in [5.74, 6) is 1.87. The van der Waals surface area contributed by atoms with Crippen LogP contribution in [0.4, 0.5) is 0 Å². The van der Waals surface area contributed by atoms with E-state index in [9.17, 15) is 0 Å². The zero-order chi connectivity index (χ0) is 39.2. The van der Waals surface area contributed by atoms with Crippen LogP contribution in [0.2, 0.25) is 0 Å². The minimum Gasteiger partial charge on any atom is -0.454 e. The van der Waals surface area contributed by atoms with E-state index in [0.29, 0.717) is 17.5 Å². The third kappa shape index (κ3) is 5.08. The average molecular weight is 757 g/mol. The fourth-order valence-electron chi connectivity index (χ4n) is 9.40. The van der Waals surface area contributed by atoms with Gasteiger partial charge in [-0.1, -0.05) is 159 Å². The van der Waals surface area contributed by atoms with Gasteiger partial charge in [-0.3, -0.25) is 0 Å². The second-order valence-corrected chi connectivity index (χ2v) is 16.0. The maximum absolute atomic E-state index is 6.88. The molecule has 0 fully saturated rings. The Labute approximate surface area is 340 Å². The van der Waals surface area contributed by atoms with Crippen molar-refractivity contribution in [1.82, 2.24) is 19.5 Å². The lowest BCUT2D eigenvalue weighted by Gasteiger charge is -2.21. The van der Waals surface area contributed by atoms with Crippen LogP contribution in [0, 0.1) is 0 Å². The summed E-state index contributed by atoms with van der Waals surface area (Å²) in [5.41, 5.74) is 14.8. The molecule has 0 spiro atoms. The second kappa shape index (κ2) is 12.7. The highest BCUT2D eigenvalue weighted by molar-refractivity contribution is 6.15. The molecule has 278 valence electrons. The molecule has 1 aliphatic carbocycles. The maximum Gasteiger partial charge on any atom is 0.166 e. The third-order valence-electron chi connectivity index (χ3n) is 12.3. The minimum atomic E-state index is -0.159. The number of rotatable bonds is 5. The molecule has 0 N–H and O–H groups in total. The average Bonchev–Trinajstić information content (AvgIpc) is 3.92. The monoisotopic (exact) mass is 756 g/mol. The number of aromatic nitrogens is 4. The summed E-state index contributed by atoms with van der Waals surface area (Å²) in [6.45, 7) is 4.61. The molecule has 0 unspecified atom stereocenters. The molecule has 0 atom stereocenters. The number of nitrogens with zero attached hydrogens (tertiary/aromatic N) is 4. The van der Waals surface area contributed by atoms with Gasteiger partial charge in [0, 0.05) is 43.7 Å². The third-order valence-corrected chi connectivity index (χ3v) is 12.3. The van der Waals surface area contributed by atoms with Crippen molar-refractivity contribution in [2.45, 2.75) is 19.3 Å². The first-order valence-corrected chi connectivity index (χ1v) is 20.1. The van der Waals surface area contributed by atoms with Crippen molar-refractivity contribution in [3.63, 3.8) is 0 Å². The predicted octanol–water partition coefficient (Wildman–Crippen LogP) is 13.8. The first kappa shape index (κ1) is 33.5. The molecule has 11 aromatic rings. The second-order valence-electron chi connectivity index (χ2n) is 16.0. The van der Waals surface area contributed by atoms with E-state index >= 15 is 0 Å². The summed E-state index contributed by atoms with van der Waals surface area (Å²) in [7, 11) is 0. The number of hydrogen-bond acceptors (Lipinski definition) is 4. The highest BCUT2D eigenvalue weighted by atomic mass is 16.3. The number of hydrogen-bond donors (Lipinski definition) is 0. The molecule has 8 aromatic carbocycles. The van der Waals surface area contributed by atoms with Gasteiger partial charge in [-0.15, -0.1) is 0 Å². The van der Waals surface area contributed by atoms with Crippen molar-refractivity contribution in [2.75, 3.05) is 0 Å². The Morgan fingerprint density at radius 2 is 1.05 bits per heavy atom. The van der Waals surface area contributed by atoms with E-state index in [-0.39, 0.29) is 5.41 Å². The molecular formula is C54H36N4O. The molecule has 5 heteroatoms. The van der Waals surface area contributed by atoms with Crippen molar-refractivity contribution in [1.29, 1.82) is 0 Å². The van der Waals surface area contributed by atoms with E-state index in [1.807, 2.05) is 24.3 Å². The van der Waals surface area contributed by atoms with E-state index in [1.54, 1.807) is 0 Å². The molecule has 5 nitrogen and oxygen atoms in total. The van der Waals surface area contributed by atoms with Gasteiger partial charge >= 0.3 is 0 Å². The Morgan fingerprint density at radius 3 is 1.90 bits per heavy atom. The van der Waals surface area contributed by atoms with Crippen LogP contribution in [0.15, 0.2) is 186 Å². The first-order chi connectivity index (χ1) is 29.0. The molecule has 59 heavy (non-hydrogen) atoms. The lowest BCUT2D eigenvalue weighted by atomic mass is 9.82. The zero-order valence-corrected chi connectivity index (χ0v) is 32.5. The lowest BCUT2D eigenvalue weighted by Crippen LogP contribution is -2.15. The molecule has 0 saturated carbocycles. The predicted molar refractivity (Wildman–Crippen MR) is 241 cm³/mol. The van der Waals surface area contributed by atoms with Crippen molar-refractivity contribution >= 4 is 43.7 Å². The highest BCUT2D eigenvalue weighted by Gasteiger charge is 2.35. The van der Waals surface area contributed by atoms with Crippen LogP contribution in [0.1, 0.15) is 25.0 Å². The van der Waals surface area contributed by atoms with E-state index in [4.69, 9.17) is 19.4 Å². The first-order valence-electron chi connectivity index (χ1n) is 20.1. The standard InChI is InChI=1S/C54H36N4O/c1-54(2)44-24-11-9-19-37(44)38-29-28-36(31-45(38)54)52-55-51(34-17-7-4-8-18-34)56-53(57-52)43-23-13-21-41-39-20-10-12-25-46(39)58(49(41)43)47-26-14-22-42-40-30-27-35(32-48(40)59-50(42)47)33-15-5-3-6-16-33/h3-32H,1-2H3. The summed E-state index contributed by atoms with van der Waals surface area (Å²) in [5, 5.41) is 4.40. The van der Waals surface area contributed by atoms with Gasteiger partial charge < -0.3 is 8.98 Å². The van der Waals surface area contributed by atoms with Crippen LogP contribution in [0.3, 0.4) is 0 Å². The molecule has 0 saturated heterocycles. The molecular weight excluding hydrogens is 721 g/mol. The van der Waals surface area contributed by atoms with E-state index < -0.39 is 0 Å². The van der Waals surface area contributed by atoms with Crippen molar-refractivity contribution in [3.8, 4) is 62.1 Å². The van der Waals surface area contributed by atoms with Crippen LogP contribution in [0.5, 0.6) is 0 Å². The molecule has 0 amide bonds. The van der Waals surface area contributed by atoms with Gasteiger partial charge in [0.25, 0.3) is 0 Å². The molecule has 12 rings (SSSR count). The lowest BCUT2D eigenvalue weighted by molar-refractivity contribution is 0.660. The van der Waals surface area contributed by atoms with Gasteiger partial charge in [0.2, 0.25) is 0 Å². The molecule has 3 aromatic heterocycles. The number of para-hydroxylation sites is 3. The Morgan fingerprint density at radius 1 is 0.424 bits per heavy atom. The smallest absolute Gasteiger partial charge is 0.166 e. The van der Waals surface area contributed by atoms with Gasteiger partial charge in [-0.05, 0) is 69.8 Å². The van der Waals surface area contributed by atoms with E-state index in [2.05, 4.69) is 176 Å². The van der Waals surface area contributed by atoms with Crippen LogP contribution in [-0.2, 0) is 5.41 Å². The molecule has 1 aliphatic rings. The Hall–Kier alpha value is -7.63. The number of benzene rings is 8. The summed E-state index contributed by atoms with van der Waals surface area (Å²) >= 11 is 0. The van der Waals surface area contributed by atoms with Crippen molar-refractivity contribution < 1.29 is 4.42 Å². The largest absolute Gasteiger partial charge is 0.454 e. The maximum atomic E-state index is 6.88. The number of fused-ring (bicyclic) bond motifs is 9. The number of furan rings is 1. The quantitative estimate of drug-likeness (QED) is 0.175. The topological polar surface area (TPSA) is 56.7 Å². The van der Waals surface area contributed by atoms with Crippen molar-refractivity contribution in [3.05, 3.63) is 193 Å². The Bertz CT molecular complexity index is 3470. The Balaban J connectivity index is 1.10. The highest BCUT2D eigenvalue weighted by Crippen LogP contribution is 2.49. The van der Waals surface area contributed by atoms with Gasteiger partial charge in [0.1, 0.15) is 5.58 Å². The summed E-state index contributed by atoms with van der Waals surface area (Å²) in [4.78, 5) is 15.8. The fraction of sp³-hybridized carbons (Fsp3) is 0.0556. The van der Waals surface area contributed by atoms with E-state index in [0.717, 1.165) is 77.2 Å². The Kier molecular flexibility index (Phi) is 7.20. The summed E-state index contributed by atoms with van der Waals surface area (Å²) in [6, 6.07) is 64.1. The van der Waals surface area contributed by atoms with Gasteiger partial charge in [0.05, 0.1) is 16.7 Å². The minimum absolute atomic E-state index is 0.159. The fourth-order valence-corrected chi connectivity index (χ4v) is 9.40. The van der Waals surface area contributed by atoms with Gasteiger partial charge in [-0.25, -0.2) is 15.0 Å². The van der Waals surface area contributed by atoms with Crippen LogP contribution >= 0.6 is 0 Å².